The Bertz CT molecular complexity index is 898. The molecule has 4 rings (SSSR count). The van der Waals surface area contributed by atoms with Crippen molar-refractivity contribution in [1.82, 2.24) is 9.55 Å². The van der Waals surface area contributed by atoms with E-state index in [-0.39, 0.29) is 5.69 Å². The van der Waals surface area contributed by atoms with E-state index >= 15 is 0 Å². The molecule has 0 saturated heterocycles. The van der Waals surface area contributed by atoms with Gasteiger partial charge in [0, 0.05) is 17.5 Å². The Hall–Kier alpha value is -2.13. The highest BCUT2D eigenvalue weighted by molar-refractivity contribution is 6.35. The molecule has 0 radical (unpaired) electrons. The van der Waals surface area contributed by atoms with E-state index < -0.39 is 0 Å². The van der Waals surface area contributed by atoms with Crippen LogP contribution >= 0.6 is 11.6 Å². The van der Waals surface area contributed by atoms with Crippen LogP contribution in [0, 0.1) is 5.92 Å². The summed E-state index contributed by atoms with van der Waals surface area (Å²) in [5.41, 5.74) is 2.22. The zero-order valence-electron chi connectivity index (χ0n) is 12.0. The van der Waals surface area contributed by atoms with Crippen molar-refractivity contribution >= 4 is 22.5 Å². The molecule has 0 aliphatic heterocycles. The van der Waals surface area contributed by atoms with Gasteiger partial charge in [0.05, 0.1) is 16.2 Å². The fourth-order valence-corrected chi connectivity index (χ4v) is 3.11. The lowest BCUT2D eigenvalue weighted by Crippen LogP contribution is -2.25. The van der Waals surface area contributed by atoms with Crippen LogP contribution in [-0.4, -0.2) is 9.55 Å². The number of rotatable bonds is 3. The van der Waals surface area contributed by atoms with Crippen LogP contribution in [0.3, 0.4) is 0 Å². The van der Waals surface area contributed by atoms with Crippen LogP contribution in [0.15, 0.2) is 53.3 Å². The van der Waals surface area contributed by atoms with Crippen molar-refractivity contribution < 1.29 is 0 Å². The Morgan fingerprint density at radius 3 is 2.59 bits per heavy atom. The average Bonchev–Trinajstić information content (AvgIpc) is 3.35. The number of para-hydroxylation sites is 1. The number of aromatic nitrogens is 2. The van der Waals surface area contributed by atoms with E-state index in [9.17, 15) is 4.79 Å². The maximum Gasteiger partial charge on any atom is 0.348 e. The third-order valence-electron chi connectivity index (χ3n) is 4.14. The van der Waals surface area contributed by atoms with Gasteiger partial charge in [0.2, 0.25) is 0 Å². The predicted octanol–water partition coefficient (Wildman–Crippen LogP) is 4.13. The lowest BCUT2D eigenvalue weighted by atomic mass is 10.1. The molecule has 1 fully saturated rings. The van der Waals surface area contributed by atoms with Crippen LogP contribution in [0.2, 0.25) is 5.02 Å². The molecule has 3 nitrogen and oxygen atoms in total. The van der Waals surface area contributed by atoms with Gasteiger partial charge in [0.1, 0.15) is 0 Å². The van der Waals surface area contributed by atoms with Crippen LogP contribution in [0.5, 0.6) is 0 Å². The number of hydrogen-bond acceptors (Lipinski definition) is 2. The number of hydrogen-bond donors (Lipinski definition) is 0. The topological polar surface area (TPSA) is 34.9 Å². The van der Waals surface area contributed by atoms with Gasteiger partial charge >= 0.3 is 5.69 Å². The molecule has 0 N–H and O–H groups in total. The molecule has 4 heteroatoms. The second-order valence-corrected chi connectivity index (χ2v) is 6.21. The van der Waals surface area contributed by atoms with Gasteiger partial charge in [0.25, 0.3) is 0 Å². The van der Waals surface area contributed by atoms with Crippen LogP contribution in [0.25, 0.3) is 22.2 Å². The SMILES string of the molecule is O=c1nc(-c2ccccc2)c2cccc(Cl)c2n1CC1CC1. The molecule has 0 bridgehead atoms. The first-order valence-electron chi connectivity index (χ1n) is 7.48. The normalized spacial score (nSPS) is 14.4. The summed E-state index contributed by atoms with van der Waals surface area (Å²) in [7, 11) is 0. The first kappa shape index (κ1) is 13.5. The molecule has 0 atom stereocenters. The molecule has 0 spiro atoms. The Kier molecular flexibility index (Phi) is 3.23. The quantitative estimate of drug-likeness (QED) is 0.729. The first-order chi connectivity index (χ1) is 10.7. The summed E-state index contributed by atoms with van der Waals surface area (Å²) in [5.74, 6) is 0.585. The standard InChI is InChI=1S/C18H15ClN2O/c19-15-8-4-7-14-16(13-5-2-1-3-6-13)20-18(22)21(17(14)15)11-12-9-10-12/h1-8,12H,9-11H2. The van der Waals surface area contributed by atoms with E-state index in [1.54, 1.807) is 4.57 Å². The number of benzene rings is 2. The molecule has 0 unspecified atom stereocenters. The van der Waals surface area contributed by atoms with Crippen LogP contribution < -0.4 is 5.69 Å². The van der Waals surface area contributed by atoms with E-state index in [0.717, 1.165) is 16.5 Å². The Morgan fingerprint density at radius 2 is 1.86 bits per heavy atom. The van der Waals surface area contributed by atoms with Crippen LogP contribution in [0.4, 0.5) is 0 Å². The molecule has 22 heavy (non-hydrogen) atoms. The summed E-state index contributed by atoms with van der Waals surface area (Å²) in [4.78, 5) is 16.9. The van der Waals surface area contributed by atoms with Crippen molar-refractivity contribution in [2.75, 3.05) is 0 Å². The molecule has 3 aromatic rings. The van der Waals surface area contributed by atoms with Crippen LogP contribution in [0.1, 0.15) is 12.8 Å². The molecule has 2 aromatic carbocycles. The Balaban J connectivity index is 2.04. The van der Waals surface area contributed by atoms with Gasteiger partial charge in [0.15, 0.2) is 0 Å². The lowest BCUT2D eigenvalue weighted by Gasteiger charge is -2.13. The largest absolute Gasteiger partial charge is 0.348 e. The summed E-state index contributed by atoms with van der Waals surface area (Å²) in [5, 5.41) is 1.54. The van der Waals surface area contributed by atoms with Crippen molar-refractivity contribution in [2.24, 2.45) is 5.92 Å². The highest BCUT2D eigenvalue weighted by Crippen LogP contribution is 2.34. The van der Waals surface area contributed by atoms with Crippen molar-refractivity contribution in [3.63, 3.8) is 0 Å². The summed E-state index contributed by atoms with van der Waals surface area (Å²) in [6.45, 7) is 0.709. The zero-order chi connectivity index (χ0) is 15.1. The second-order valence-electron chi connectivity index (χ2n) is 5.80. The minimum Gasteiger partial charge on any atom is -0.290 e. The first-order valence-corrected chi connectivity index (χ1v) is 7.86. The molecule has 1 aromatic heterocycles. The lowest BCUT2D eigenvalue weighted by molar-refractivity contribution is 0.614. The van der Waals surface area contributed by atoms with E-state index in [1.807, 2.05) is 48.5 Å². The van der Waals surface area contributed by atoms with Gasteiger partial charge in [-0.05, 0) is 24.8 Å². The molecule has 0 amide bonds. The molecule has 1 heterocycles. The summed E-state index contributed by atoms with van der Waals surface area (Å²) >= 11 is 6.41. The van der Waals surface area contributed by atoms with Crippen molar-refractivity contribution in [1.29, 1.82) is 0 Å². The summed E-state index contributed by atoms with van der Waals surface area (Å²) < 4.78 is 1.74. The van der Waals surface area contributed by atoms with Gasteiger partial charge in [-0.2, -0.15) is 4.98 Å². The van der Waals surface area contributed by atoms with E-state index in [0.29, 0.717) is 23.2 Å². The van der Waals surface area contributed by atoms with Crippen molar-refractivity contribution in [3.8, 4) is 11.3 Å². The third-order valence-corrected chi connectivity index (χ3v) is 4.44. The average molecular weight is 311 g/mol. The number of nitrogens with zero attached hydrogens (tertiary/aromatic N) is 2. The molecule has 110 valence electrons. The fraction of sp³-hybridized carbons (Fsp3) is 0.222. The molecule has 1 aliphatic rings. The second kappa shape index (κ2) is 5.25. The number of halogens is 1. The predicted molar refractivity (Wildman–Crippen MR) is 89.2 cm³/mol. The van der Waals surface area contributed by atoms with Gasteiger partial charge in [-0.15, -0.1) is 0 Å². The van der Waals surface area contributed by atoms with Gasteiger partial charge in [-0.1, -0.05) is 54.1 Å². The molecular weight excluding hydrogens is 296 g/mol. The van der Waals surface area contributed by atoms with Crippen molar-refractivity contribution in [2.45, 2.75) is 19.4 Å². The maximum absolute atomic E-state index is 12.5. The minimum absolute atomic E-state index is 0.216. The fourth-order valence-electron chi connectivity index (χ4n) is 2.84. The minimum atomic E-state index is -0.216. The van der Waals surface area contributed by atoms with Crippen molar-refractivity contribution in [3.05, 3.63) is 64.0 Å². The Morgan fingerprint density at radius 1 is 1.09 bits per heavy atom. The Labute approximate surface area is 133 Å². The van der Waals surface area contributed by atoms with E-state index in [2.05, 4.69) is 4.98 Å². The van der Waals surface area contributed by atoms with Crippen LogP contribution in [-0.2, 0) is 6.54 Å². The highest BCUT2D eigenvalue weighted by Gasteiger charge is 2.24. The van der Waals surface area contributed by atoms with Gasteiger partial charge in [-0.3, -0.25) is 4.57 Å². The summed E-state index contributed by atoms with van der Waals surface area (Å²) in [6.07, 6.45) is 2.36. The third kappa shape index (κ3) is 2.32. The van der Waals surface area contributed by atoms with E-state index in [1.165, 1.54) is 12.8 Å². The molecular formula is C18H15ClN2O. The van der Waals surface area contributed by atoms with Gasteiger partial charge < -0.3 is 0 Å². The molecule has 1 saturated carbocycles. The van der Waals surface area contributed by atoms with E-state index in [4.69, 9.17) is 11.6 Å². The smallest absolute Gasteiger partial charge is 0.290 e. The maximum atomic E-state index is 12.5. The molecule has 1 aliphatic carbocycles. The number of fused-ring (bicyclic) bond motifs is 1. The monoisotopic (exact) mass is 310 g/mol. The highest BCUT2D eigenvalue weighted by atomic mass is 35.5. The van der Waals surface area contributed by atoms with Gasteiger partial charge in [-0.25, -0.2) is 4.79 Å². The summed E-state index contributed by atoms with van der Waals surface area (Å²) in [6, 6.07) is 15.5. The zero-order valence-corrected chi connectivity index (χ0v) is 12.8.